The number of hydrogen-bond acceptors (Lipinski definition) is 5. The molecule has 3 aromatic carbocycles. The highest BCUT2D eigenvalue weighted by molar-refractivity contribution is 7.22. The van der Waals surface area contributed by atoms with Gasteiger partial charge in [-0.05, 0) is 67.8 Å². The monoisotopic (exact) mass is 472 g/mol. The van der Waals surface area contributed by atoms with Gasteiger partial charge < -0.3 is 5.11 Å². The molecule has 1 atom stereocenters. The van der Waals surface area contributed by atoms with Crippen molar-refractivity contribution in [2.75, 3.05) is 4.90 Å². The largest absolute Gasteiger partial charge is 0.507 e. The molecule has 0 saturated carbocycles. The number of rotatable bonds is 3. The third-order valence-electron chi connectivity index (χ3n) is 5.98. The molecule has 0 unspecified atom stereocenters. The Balaban J connectivity index is 1.74. The van der Waals surface area contributed by atoms with Gasteiger partial charge in [0.2, 0.25) is 0 Å². The van der Waals surface area contributed by atoms with Crippen molar-refractivity contribution in [1.29, 1.82) is 0 Å². The number of fused-ring (bicyclic) bond motifs is 1. The Morgan fingerprint density at radius 1 is 0.971 bits per heavy atom. The number of halogens is 1. The Labute approximate surface area is 199 Å². The third kappa shape index (κ3) is 3.58. The van der Waals surface area contributed by atoms with Gasteiger partial charge in [0.1, 0.15) is 11.6 Å². The summed E-state index contributed by atoms with van der Waals surface area (Å²) in [5, 5.41) is 11.5. The molecule has 34 heavy (non-hydrogen) atoms. The number of amides is 1. The Bertz CT molecular complexity index is 1490. The second-order valence-corrected chi connectivity index (χ2v) is 9.52. The van der Waals surface area contributed by atoms with Gasteiger partial charge in [-0.15, -0.1) is 0 Å². The molecule has 1 aliphatic heterocycles. The van der Waals surface area contributed by atoms with Crippen LogP contribution in [0.5, 0.6) is 0 Å². The normalized spacial score (nSPS) is 17.6. The number of carbonyl (C=O) groups is 2. The molecular formula is C27H21FN2O3S. The van der Waals surface area contributed by atoms with Crippen LogP contribution in [0.2, 0.25) is 0 Å². The van der Waals surface area contributed by atoms with Crippen LogP contribution < -0.4 is 4.90 Å². The van der Waals surface area contributed by atoms with Crippen molar-refractivity contribution in [1.82, 2.24) is 4.98 Å². The number of nitrogens with zero attached hydrogens (tertiary/aromatic N) is 2. The van der Waals surface area contributed by atoms with Gasteiger partial charge in [0, 0.05) is 5.56 Å². The van der Waals surface area contributed by atoms with E-state index in [1.54, 1.807) is 0 Å². The number of ketones is 1. The van der Waals surface area contributed by atoms with E-state index in [9.17, 15) is 19.1 Å². The highest BCUT2D eigenvalue weighted by atomic mass is 32.1. The lowest BCUT2D eigenvalue weighted by Gasteiger charge is -2.23. The molecule has 1 saturated heterocycles. The van der Waals surface area contributed by atoms with E-state index in [4.69, 9.17) is 4.98 Å². The second-order valence-electron chi connectivity index (χ2n) is 8.51. The number of benzene rings is 3. The summed E-state index contributed by atoms with van der Waals surface area (Å²) in [6, 6.07) is 15.8. The molecule has 0 aliphatic carbocycles. The van der Waals surface area contributed by atoms with Gasteiger partial charge in [0.15, 0.2) is 5.13 Å². The average Bonchev–Trinajstić information content (AvgIpc) is 3.33. The Kier molecular flexibility index (Phi) is 5.29. The number of carbonyl (C=O) groups excluding carboxylic acids is 2. The zero-order chi connectivity index (χ0) is 24.1. The van der Waals surface area contributed by atoms with E-state index < -0.39 is 23.5 Å². The van der Waals surface area contributed by atoms with Gasteiger partial charge in [0.05, 0.1) is 21.8 Å². The van der Waals surface area contributed by atoms with Gasteiger partial charge in [-0.25, -0.2) is 9.37 Å². The molecule has 1 aliphatic rings. The van der Waals surface area contributed by atoms with Gasteiger partial charge >= 0.3 is 5.91 Å². The van der Waals surface area contributed by atoms with E-state index in [0.29, 0.717) is 10.7 Å². The zero-order valence-corrected chi connectivity index (χ0v) is 19.6. The topological polar surface area (TPSA) is 70.5 Å². The number of aliphatic hydroxyl groups excluding tert-OH is 1. The quantitative estimate of drug-likeness (QED) is 0.226. The van der Waals surface area contributed by atoms with Crippen LogP contribution in [0.25, 0.3) is 16.0 Å². The van der Waals surface area contributed by atoms with E-state index in [2.05, 4.69) is 0 Å². The van der Waals surface area contributed by atoms with Crippen molar-refractivity contribution < 1.29 is 19.1 Å². The molecule has 5 nitrogen and oxygen atoms in total. The Morgan fingerprint density at radius 2 is 1.65 bits per heavy atom. The predicted molar refractivity (Wildman–Crippen MR) is 131 cm³/mol. The minimum absolute atomic E-state index is 0.0485. The van der Waals surface area contributed by atoms with Crippen LogP contribution in [0.1, 0.15) is 33.9 Å². The summed E-state index contributed by atoms with van der Waals surface area (Å²) in [5.74, 6) is -2.38. The number of aromatic nitrogens is 1. The van der Waals surface area contributed by atoms with Crippen molar-refractivity contribution in [2.45, 2.75) is 26.8 Å². The lowest BCUT2D eigenvalue weighted by molar-refractivity contribution is -0.132. The molecule has 7 heteroatoms. The van der Waals surface area contributed by atoms with Gasteiger partial charge in [-0.2, -0.15) is 0 Å². The summed E-state index contributed by atoms with van der Waals surface area (Å²) >= 11 is 1.33. The Hall–Kier alpha value is -3.84. The first-order valence-electron chi connectivity index (χ1n) is 10.8. The predicted octanol–water partition coefficient (Wildman–Crippen LogP) is 5.99. The van der Waals surface area contributed by atoms with Gasteiger partial charge in [0.25, 0.3) is 5.78 Å². The van der Waals surface area contributed by atoms with Crippen molar-refractivity contribution in [3.8, 4) is 0 Å². The number of thiazole rings is 1. The van der Waals surface area contributed by atoms with Gasteiger partial charge in [-0.1, -0.05) is 47.2 Å². The standard InChI is InChI=1S/C27H21FN2O3S/c1-14-4-6-17(7-5-14)23-21(24(31)18-8-10-19(28)11-9-18)25(32)26(33)30(23)27-29-22-16(3)12-15(2)13-20(22)34-27/h4-13,23,31H,1-3H3/b24-21+/t23-/m0/s1. The fourth-order valence-electron chi connectivity index (χ4n) is 4.32. The van der Waals surface area contributed by atoms with Crippen molar-refractivity contribution in [2.24, 2.45) is 0 Å². The summed E-state index contributed by atoms with van der Waals surface area (Å²) in [5.41, 5.74) is 4.72. The van der Waals surface area contributed by atoms with Crippen LogP contribution in [0, 0.1) is 26.6 Å². The van der Waals surface area contributed by atoms with Gasteiger partial charge in [-0.3, -0.25) is 14.5 Å². The third-order valence-corrected chi connectivity index (χ3v) is 6.98. The zero-order valence-electron chi connectivity index (χ0n) is 18.8. The van der Waals surface area contributed by atoms with E-state index in [-0.39, 0.29) is 16.9 Å². The summed E-state index contributed by atoms with van der Waals surface area (Å²) in [6.07, 6.45) is 0. The van der Waals surface area contributed by atoms with Crippen LogP contribution in [-0.4, -0.2) is 21.8 Å². The lowest BCUT2D eigenvalue weighted by Crippen LogP contribution is -2.29. The maximum Gasteiger partial charge on any atom is 0.301 e. The molecule has 1 amide bonds. The first-order chi connectivity index (χ1) is 16.2. The summed E-state index contributed by atoms with van der Waals surface area (Å²) < 4.78 is 14.4. The first-order valence-corrected chi connectivity index (χ1v) is 11.6. The highest BCUT2D eigenvalue weighted by Gasteiger charge is 2.48. The number of hydrogen-bond donors (Lipinski definition) is 1. The molecule has 1 N–H and O–H groups in total. The summed E-state index contributed by atoms with van der Waals surface area (Å²) in [4.78, 5) is 32.6. The molecule has 5 rings (SSSR count). The van der Waals surface area contributed by atoms with Crippen LogP contribution in [0.4, 0.5) is 9.52 Å². The van der Waals surface area contributed by atoms with E-state index >= 15 is 0 Å². The average molecular weight is 473 g/mol. The van der Waals surface area contributed by atoms with E-state index in [1.807, 2.05) is 57.2 Å². The van der Waals surface area contributed by atoms with E-state index in [1.165, 1.54) is 40.5 Å². The number of aliphatic hydroxyl groups is 1. The second kappa shape index (κ2) is 8.18. The molecule has 0 bridgehead atoms. The number of aryl methyl sites for hydroxylation is 3. The van der Waals surface area contributed by atoms with Crippen molar-refractivity contribution in [3.63, 3.8) is 0 Å². The fraction of sp³-hybridized carbons (Fsp3) is 0.148. The smallest absolute Gasteiger partial charge is 0.301 e. The molecule has 4 aromatic rings. The molecule has 0 spiro atoms. The molecular weight excluding hydrogens is 451 g/mol. The minimum atomic E-state index is -0.868. The lowest BCUT2D eigenvalue weighted by atomic mass is 9.95. The summed E-state index contributed by atoms with van der Waals surface area (Å²) in [7, 11) is 0. The first kappa shape index (κ1) is 22.0. The molecule has 170 valence electrons. The number of anilines is 1. The molecule has 0 radical (unpaired) electrons. The minimum Gasteiger partial charge on any atom is -0.507 e. The van der Waals surface area contributed by atoms with E-state index in [0.717, 1.165) is 26.9 Å². The van der Waals surface area contributed by atoms with Crippen LogP contribution in [0.15, 0.2) is 66.2 Å². The highest BCUT2D eigenvalue weighted by Crippen LogP contribution is 2.44. The van der Waals surface area contributed by atoms with Crippen molar-refractivity contribution >= 4 is 44.1 Å². The molecule has 1 aromatic heterocycles. The maximum absolute atomic E-state index is 13.5. The Morgan fingerprint density at radius 3 is 2.32 bits per heavy atom. The van der Waals surface area contributed by atoms with Crippen LogP contribution in [0.3, 0.4) is 0 Å². The summed E-state index contributed by atoms with van der Waals surface area (Å²) in [6.45, 7) is 5.89. The van der Waals surface area contributed by atoms with Crippen LogP contribution >= 0.6 is 11.3 Å². The number of Topliss-reactive ketones (excluding diaryl/α,β-unsaturated/α-hetero) is 1. The fourth-order valence-corrected chi connectivity index (χ4v) is 5.49. The van der Waals surface area contributed by atoms with Crippen molar-refractivity contribution in [3.05, 3.63) is 99.9 Å². The molecule has 2 heterocycles. The van der Waals surface area contributed by atoms with Crippen LogP contribution in [-0.2, 0) is 9.59 Å². The molecule has 1 fully saturated rings. The SMILES string of the molecule is Cc1ccc([C@H]2/C(=C(\O)c3ccc(F)cc3)C(=O)C(=O)N2c2nc3c(C)cc(C)cc3s2)cc1. The maximum atomic E-state index is 13.5.